The maximum Gasteiger partial charge on any atom is 0.246 e. The first kappa shape index (κ1) is 15.0. The van der Waals surface area contributed by atoms with Crippen molar-refractivity contribution in [2.75, 3.05) is 20.1 Å². The van der Waals surface area contributed by atoms with Gasteiger partial charge in [-0.2, -0.15) is 9.40 Å². The predicted molar refractivity (Wildman–Crippen MR) is 80.3 cm³/mol. The lowest BCUT2D eigenvalue weighted by Gasteiger charge is -2.22. The Morgan fingerprint density at radius 3 is 2.29 bits per heavy atom. The molecule has 0 amide bonds. The van der Waals surface area contributed by atoms with Gasteiger partial charge in [0.2, 0.25) is 10.0 Å². The predicted octanol–water partition coefficient (Wildman–Crippen LogP) is 1.25. The Balaban J connectivity index is 1.89. The van der Waals surface area contributed by atoms with Crippen LogP contribution in [0.2, 0.25) is 0 Å². The van der Waals surface area contributed by atoms with Crippen LogP contribution in [0.3, 0.4) is 0 Å². The molecule has 0 aliphatic heterocycles. The van der Waals surface area contributed by atoms with E-state index >= 15 is 0 Å². The summed E-state index contributed by atoms with van der Waals surface area (Å²) in [5.41, 5.74) is 1.23. The molecule has 3 rings (SSSR count). The first-order chi connectivity index (χ1) is 10.0. The van der Waals surface area contributed by atoms with Crippen molar-refractivity contribution >= 4 is 10.0 Å². The summed E-state index contributed by atoms with van der Waals surface area (Å²) in [5.74, 6) is 1.11. The highest BCUT2D eigenvalue weighted by Crippen LogP contribution is 2.36. The lowest BCUT2D eigenvalue weighted by Crippen LogP contribution is -2.35. The fourth-order valence-corrected chi connectivity index (χ4v) is 4.60. The van der Waals surface area contributed by atoms with E-state index in [1.54, 1.807) is 18.3 Å². The number of hydrogen-bond acceptors (Lipinski definition) is 4. The smallest absolute Gasteiger partial charge is 0.246 e. The zero-order chi connectivity index (χ0) is 15.0. The molecule has 0 aromatic carbocycles. The third-order valence-electron chi connectivity index (χ3n) is 4.22. The van der Waals surface area contributed by atoms with Crippen LogP contribution in [0.4, 0.5) is 0 Å². The van der Waals surface area contributed by atoms with Crippen molar-refractivity contribution in [1.82, 2.24) is 19.8 Å². The fraction of sp³-hybridized carbons (Fsp3) is 0.786. The normalized spacial score (nSPS) is 19.4. The standard InChI is InChI=1S/C14H24N4O2S/c1-10-14(13(7-15-2)17-16-10)21(19,20)18(8-11-3-4-11)9-12-5-6-12/h11-12,15H,3-9H2,1-2H3,(H,16,17). The van der Waals surface area contributed by atoms with Crippen molar-refractivity contribution in [3.05, 3.63) is 11.4 Å². The van der Waals surface area contributed by atoms with E-state index in [-0.39, 0.29) is 0 Å². The molecular formula is C14H24N4O2S. The van der Waals surface area contributed by atoms with Gasteiger partial charge in [-0.1, -0.05) is 0 Å². The molecule has 6 nitrogen and oxygen atoms in total. The number of aromatic nitrogens is 2. The van der Waals surface area contributed by atoms with Gasteiger partial charge < -0.3 is 5.32 Å². The molecule has 1 heterocycles. The Bertz CT molecular complexity index is 588. The van der Waals surface area contributed by atoms with E-state index in [4.69, 9.17) is 0 Å². The summed E-state index contributed by atoms with van der Waals surface area (Å²) in [6, 6.07) is 0. The Morgan fingerprint density at radius 1 is 1.24 bits per heavy atom. The van der Waals surface area contributed by atoms with Crippen molar-refractivity contribution in [2.45, 2.75) is 44.0 Å². The van der Waals surface area contributed by atoms with Crippen LogP contribution in [-0.4, -0.2) is 43.1 Å². The highest BCUT2D eigenvalue weighted by Gasteiger charge is 2.37. The van der Waals surface area contributed by atoms with Crippen LogP contribution in [0, 0.1) is 18.8 Å². The second-order valence-corrected chi connectivity index (χ2v) is 8.24. The maximum absolute atomic E-state index is 13.1. The molecular weight excluding hydrogens is 288 g/mol. The van der Waals surface area contributed by atoms with Crippen LogP contribution in [0.25, 0.3) is 0 Å². The van der Waals surface area contributed by atoms with Crippen LogP contribution < -0.4 is 5.32 Å². The monoisotopic (exact) mass is 312 g/mol. The quantitative estimate of drug-likeness (QED) is 0.757. The third kappa shape index (κ3) is 3.30. The van der Waals surface area contributed by atoms with Gasteiger partial charge in [0, 0.05) is 19.6 Å². The van der Waals surface area contributed by atoms with Gasteiger partial charge in [-0.3, -0.25) is 5.10 Å². The van der Waals surface area contributed by atoms with E-state index < -0.39 is 10.0 Å². The lowest BCUT2D eigenvalue weighted by atomic mass is 10.3. The molecule has 0 spiro atoms. The highest BCUT2D eigenvalue weighted by molar-refractivity contribution is 7.89. The average molecular weight is 312 g/mol. The molecule has 2 N–H and O–H groups in total. The van der Waals surface area contributed by atoms with Gasteiger partial charge in [-0.15, -0.1) is 0 Å². The second kappa shape index (κ2) is 5.70. The first-order valence-electron chi connectivity index (χ1n) is 7.71. The molecule has 2 aliphatic rings. The minimum Gasteiger partial charge on any atom is -0.314 e. The van der Waals surface area contributed by atoms with E-state index in [9.17, 15) is 8.42 Å². The summed E-state index contributed by atoms with van der Waals surface area (Å²) in [5, 5.41) is 9.96. The maximum atomic E-state index is 13.1. The summed E-state index contributed by atoms with van der Waals surface area (Å²) in [7, 11) is -1.65. The minimum absolute atomic E-state index is 0.373. The van der Waals surface area contributed by atoms with Gasteiger partial charge >= 0.3 is 0 Å². The van der Waals surface area contributed by atoms with Crippen LogP contribution in [0.5, 0.6) is 0 Å². The Morgan fingerprint density at radius 2 is 1.81 bits per heavy atom. The Hall–Kier alpha value is -0.920. The molecule has 2 fully saturated rings. The Labute approximate surface area is 126 Å². The van der Waals surface area contributed by atoms with Crippen LogP contribution >= 0.6 is 0 Å². The van der Waals surface area contributed by atoms with Crippen molar-refractivity contribution in [1.29, 1.82) is 0 Å². The number of aryl methyl sites for hydroxylation is 1. The van der Waals surface area contributed by atoms with Crippen LogP contribution in [0.1, 0.15) is 37.1 Å². The first-order valence-corrected chi connectivity index (χ1v) is 9.15. The molecule has 0 radical (unpaired) electrons. The lowest BCUT2D eigenvalue weighted by molar-refractivity contribution is 0.381. The van der Waals surface area contributed by atoms with Crippen LogP contribution in [0.15, 0.2) is 4.90 Å². The largest absolute Gasteiger partial charge is 0.314 e. The van der Waals surface area contributed by atoms with Crippen molar-refractivity contribution in [3.8, 4) is 0 Å². The molecule has 118 valence electrons. The number of rotatable bonds is 8. The molecule has 0 bridgehead atoms. The van der Waals surface area contributed by atoms with E-state index in [2.05, 4.69) is 15.5 Å². The van der Waals surface area contributed by atoms with E-state index in [0.29, 0.717) is 47.8 Å². The SMILES string of the molecule is CNCc1n[nH]c(C)c1S(=O)(=O)N(CC1CC1)CC1CC1. The summed E-state index contributed by atoms with van der Waals surface area (Å²) in [6.45, 7) is 3.58. The topological polar surface area (TPSA) is 78.1 Å². The number of hydrogen-bond donors (Lipinski definition) is 2. The van der Waals surface area contributed by atoms with Crippen LogP contribution in [-0.2, 0) is 16.6 Å². The molecule has 2 saturated carbocycles. The van der Waals surface area contributed by atoms with Crippen molar-refractivity contribution in [3.63, 3.8) is 0 Å². The van der Waals surface area contributed by atoms with Gasteiger partial charge in [0.05, 0.1) is 11.4 Å². The summed E-state index contributed by atoms with van der Waals surface area (Å²) < 4.78 is 27.9. The van der Waals surface area contributed by atoms with E-state index in [1.165, 1.54) is 0 Å². The number of nitrogens with one attached hydrogen (secondary N) is 2. The summed E-state index contributed by atoms with van der Waals surface area (Å²) >= 11 is 0. The fourth-order valence-electron chi connectivity index (χ4n) is 2.68. The van der Waals surface area contributed by atoms with Gasteiger partial charge in [0.25, 0.3) is 0 Å². The van der Waals surface area contributed by atoms with Gasteiger partial charge in [0.1, 0.15) is 4.90 Å². The third-order valence-corrected chi connectivity index (χ3v) is 6.26. The Kier molecular flexibility index (Phi) is 4.07. The molecule has 0 unspecified atom stereocenters. The molecule has 1 aromatic rings. The van der Waals surface area contributed by atoms with Gasteiger partial charge in [-0.05, 0) is 51.5 Å². The van der Waals surface area contributed by atoms with E-state index in [0.717, 1.165) is 25.7 Å². The van der Waals surface area contributed by atoms with Crippen molar-refractivity contribution < 1.29 is 8.42 Å². The molecule has 0 saturated heterocycles. The zero-order valence-electron chi connectivity index (χ0n) is 12.7. The number of nitrogens with zero attached hydrogens (tertiary/aromatic N) is 2. The molecule has 21 heavy (non-hydrogen) atoms. The molecule has 7 heteroatoms. The zero-order valence-corrected chi connectivity index (χ0v) is 13.5. The summed E-state index contributed by atoms with van der Waals surface area (Å²) in [6.07, 6.45) is 4.63. The molecule has 1 aromatic heterocycles. The molecule has 0 atom stereocenters. The number of aromatic amines is 1. The van der Waals surface area contributed by atoms with E-state index in [1.807, 2.05) is 0 Å². The number of H-pyrrole nitrogens is 1. The highest BCUT2D eigenvalue weighted by atomic mass is 32.2. The number of sulfonamides is 1. The van der Waals surface area contributed by atoms with Crippen molar-refractivity contribution in [2.24, 2.45) is 11.8 Å². The van der Waals surface area contributed by atoms with Gasteiger partial charge in [0.15, 0.2) is 0 Å². The summed E-state index contributed by atoms with van der Waals surface area (Å²) in [4.78, 5) is 0.373. The average Bonchev–Trinajstić information content (AvgIpc) is 3.32. The second-order valence-electron chi connectivity index (χ2n) is 6.36. The van der Waals surface area contributed by atoms with Gasteiger partial charge in [-0.25, -0.2) is 8.42 Å². The molecule has 2 aliphatic carbocycles. The minimum atomic E-state index is -3.45.